The molecule has 1 saturated heterocycles. The number of ether oxygens (including phenoxy) is 1. The highest BCUT2D eigenvalue weighted by Gasteiger charge is 2.62. The van der Waals surface area contributed by atoms with Crippen molar-refractivity contribution in [2.24, 2.45) is 17.6 Å². The highest BCUT2D eigenvalue weighted by Crippen LogP contribution is 2.61. The minimum absolute atomic E-state index is 0.162. The van der Waals surface area contributed by atoms with E-state index in [0.717, 1.165) is 29.8 Å². The Bertz CT molecular complexity index is 2140. The summed E-state index contributed by atoms with van der Waals surface area (Å²) in [5.74, 6) is -8.90. The Morgan fingerprint density at radius 3 is 2.12 bits per heavy atom. The molecule has 1 aliphatic carbocycles. The van der Waals surface area contributed by atoms with Crippen molar-refractivity contribution in [2.45, 2.75) is 37.6 Å². The fourth-order valence-electron chi connectivity index (χ4n) is 6.02. The predicted octanol–water partition coefficient (Wildman–Crippen LogP) is 0.392. The summed E-state index contributed by atoms with van der Waals surface area (Å²) in [6.45, 7) is 2.00. The van der Waals surface area contributed by atoms with Crippen LogP contribution >= 0.6 is 15.2 Å². The molecule has 8 N–H and O–H groups in total. The molecule has 5 atom stereocenters. The largest absolute Gasteiger partial charge is 0.477 e. The van der Waals surface area contributed by atoms with Gasteiger partial charge in [-0.2, -0.15) is 0 Å². The number of benzene rings is 1. The van der Waals surface area contributed by atoms with Gasteiger partial charge in [-0.3, -0.25) is 38.3 Å². The van der Waals surface area contributed by atoms with Gasteiger partial charge in [0.2, 0.25) is 17.2 Å². The van der Waals surface area contributed by atoms with E-state index in [0.29, 0.717) is 17.0 Å². The fourth-order valence-corrected chi connectivity index (χ4v) is 8.04. The topological polar surface area (TPSA) is 292 Å². The van der Waals surface area contributed by atoms with E-state index in [4.69, 9.17) is 5.73 Å². The van der Waals surface area contributed by atoms with Crippen molar-refractivity contribution in [2.75, 3.05) is 18.0 Å². The van der Waals surface area contributed by atoms with Crippen LogP contribution in [-0.4, -0.2) is 99.8 Å². The number of aromatic carboxylic acids is 1. The quantitative estimate of drug-likeness (QED) is 0.137. The number of imide groups is 1. The number of nitrogens with one attached hydrogen (secondary N) is 1. The number of rotatable bonds is 10. The van der Waals surface area contributed by atoms with Gasteiger partial charge < -0.3 is 40.1 Å². The number of nitrogens with two attached hydrogens (primary N) is 1. The van der Waals surface area contributed by atoms with Crippen LogP contribution in [0.1, 0.15) is 24.2 Å². The molecule has 2 aliphatic rings. The summed E-state index contributed by atoms with van der Waals surface area (Å²) in [5.41, 5.74) is -0.651. The Balaban J connectivity index is 1.50. The second kappa shape index (κ2) is 13.7. The number of amides is 3. The minimum Gasteiger partial charge on any atom is -0.477 e. The Morgan fingerprint density at radius 2 is 1.60 bits per heavy atom. The van der Waals surface area contributed by atoms with E-state index in [1.807, 2.05) is 5.32 Å². The Morgan fingerprint density at radius 1 is 1.00 bits per heavy atom. The van der Waals surface area contributed by atoms with Crippen LogP contribution in [0.2, 0.25) is 0 Å². The summed E-state index contributed by atoms with van der Waals surface area (Å²) in [4.78, 5) is 107. The zero-order valence-electron chi connectivity index (χ0n) is 26.7. The molecule has 3 amide bonds. The molecule has 3 heterocycles. The number of nitrogens with zero attached hydrogens (tertiary/aromatic N) is 4. The van der Waals surface area contributed by atoms with Gasteiger partial charge in [-0.25, -0.2) is 27.7 Å². The van der Waals surface area contributed by atoms with Gasteiger partial charge in [0.1, 0.15) is 23.2 Å². The van der Waals surface area contributed by atoms with Crippen molar-refractivity contribution in [3.05, 3.63) is 63.7 Å². The molecular formula is C28H29F3N6O13P2. The van der Waals surface area contributed by atoms with Gasteiger partial charge in [-0.05, 0) is 32.0 Å². The van der Waals surface area contributed by atoms with Gasteiger partial charge in [-0.15, -0.1) is 0 Å². The molecular weight excluding hydrogens is 747 g/mol. The second-order valence-corrected chi connectivity index (χ2v) is 15.8. The lowest BCUT2D eigenvalue weighted by Crippen LogP contribution is -2.54. The van der Waals surface area contributed by atoms with Crippen LogP contribution in [0.4, 0.5) is 23.8 Å². The number of carbonyl (C=O) groups is 4. The van der Waals surface area contributed by atoms with Crippen molar-refractivity contribution >= 4 is 55.9 Å². The molecule has 24 heteroatoms. The zero-order chi connectivity index (χ0) is 38.8. The standard InChI is InChI=1S/C28H29F3N6O13P2/c1-10(32)24(39)34-25(40)11(2)37(27(43)50-28(51(44,45)46)52(47,48)49)20-14-7-35(8-15(14)20)23-18(31)6-13-21(38)16(26(41)42)9-36(22(13)33-23)19-4-3-12(29)5-17(19)30/h3-6,9-11,14-15,20,28H,7-8,32H2,1-2H3,(H,41,42)(H,34,39,40)(H2,44,45,46)(H2,47,48,49)/t10-,11?,14-,15+,20+/m0/s1. The number of anilines is 1. The highest BCUT2D eigenvalue weighted by atomic mass is 31.2. The van der Waals surface area contributed by atoms with E-state index < -0.39 is 126 Å². The van der Waals surface area contributed by atoms with Crippen molar-refractivity contribution in [1.82, 2.24) is 19.8 Å². The Kier molecular flexibility index (Phi) is 10.2. The van der Waals surface area contributed by atoms with E-state index in [9.17, 15) is 66.6 Å². The molecule has 1 aliphatic heterocycles. The maximum Gasteiger partial charge on any atom is 0.412 e. The molecule has 1 saturated carbocycles. The number of carboxylic acid groups (broad SMARTS) is 1. The third kappa shape index (κ3) is 7.31. The second-order valence-electron chi connectivity index (χ2n) is 12.1. The molecule has 2 fully saturated rings. The van der Waals surface area contributed by atoms with E-state index in [-0.39, 0.29) is 13.1 Å². The molecule has 3 aromatic rings. The number of carbonyl (C=O) groups excluding carboxylic acids is 3. The zero-order valence-corrected chi connectivity index (χ0v) is 28.5. The van der Waals surface area contributed by atoms with E-state index in [1.165, 1.54) is 11.8 Å². The molecule has 0 radical (unpaired) electrons. The third-order valence-corrected chi connectivity index (χ3v) is 11.7. The summed E-state index contributed by atoms with van der Waals surface area (Å²) in [7, 11) is -11.6. The average molecular weight is 777 g/mol. The van der Waals surface area contributed by atoms with Crippen LogP contribution in [0.3, 0.4) is 0 Å². The molecule has 1 unspecified atom stereocenters. The number of carboxylic acids is 1. The summed E-state index contributed by atoms with van der Waals surface area (Å²) in [5, 5.41) is 10.9. The first kappa shape index (κ1) is 38.5. The normalized spacial score (nSPS) is 19.6. The van der Waals surface area contributed by atoms with E-state index in [2.05, 4.69) is 9.72 Å². The lowest BCUT2D eigenvalue weighted by molar-refractivity contribution is -0.133. The molecule has 5 rings (SSSR count). The number of hydrogen-bond donors (Lipinski definition) is 7. The van der Waals surface area contributed by atoms with Gasteiger partial charge in [0.05, 0.1) is 17.1 Å². The van der Waals surface area contributed by atoms with Crippen LogP contribution in [-0.2, 0) is 23.5 Å². The SMILES string of the molecule is CC(C(=O)NC(=O)[C@H](C)N)N(C(=O)OC(P(=O)(O)O)P(=O)(O)O)[C@H]1[C@@H]2CN(c3nc4c(cc3F)c(=O)c(C(=O)O)cn4-c3ccc(F)cc3F)C[C@@H]21. The van der Waals surface area contributed by atoms with Gasteiger partial charge in [0, 0.05) is 43.2 Å². The smallest absolute Gasteiger partial charge is 0.412 e. The van der Waals surface area contributed by atoms with E-state index in [1.54, 1.807) is 0 Å². The van der Waals surface area contributed by atoms with Crippen molar-refractivity contribution < 1.29 is 70.9 Å². The van der Waals surface area contributed by atoms with Gasteiger partial charge in [-0.1, -0.05) is 0 Å². The Labute approximate surface area is 289 Å². The fraction of sp³-hybridized carbons (Fsp3) is 0.357. The van der Waals surface area contributed by atoms with Gasteiger partial charge in [0.15, 0.2) is 17.3 Å². The number of aromatic nitrogens is 2. The Hall–Kier alpha value is -4.69. The maximum atomic E-state index is 15.6. The minimum atomic E-state index is -5.80. The number of piperidine rings is 1. The monoisotopic (exact) mass is 776 g/mol. The van der Waals surface area contributed by atoms with Crippen LogP contribution in [0.5, 0.6) is 0 Å². The lowest BCUT2D eigenvalue weighted by Gasteiger charge is -2.32. The summed E-state index contributed by atoms with van der Waals surface area (Å²) >= 11 is 0. The van der Waals surface area contributed by atoms with Crippen LogP contribution < -0.4 is 21.4 Å². The van der Waals surface area contributed by atoms with Gasteiger partial charge in [0.25, 0.3) is 0 Å². The van der Waals surface area contributed by atoms with Crippen LogP contribution in [0, 0.1) is 29.3 Å². The first-order chi connectivity index (χ1) is 24.0. The predicted molar refractivity (Wildman–Crippen MR) is 170 cm³/mol. The lowest BCUT2D eigenvalue weighted by atomic mass is 10.1. The van der Waals surface area contributed by atoms with Crippen molar-refractivity contribution in [1.29, 1.82) is 0 Å². The number of hydrogen-bond acceptors (Lipinski definition) is 11. The maximum absolute atomic E-state index is 15.6. The van der Waals surface area contributed by atoms with E-state index >= 15 is 4.39 Å². The first-order valence-corrected chi connectivity index (χ1v) is 18.3. The molecule has 52 heavy (non-hydrogen) atoms. The number of fused-ring (bicyclic) bond motifs is 2. The van der Waals surface area contributed by atoms with Crippen LogP contribution in [0.15, 0.2) is 35.3 Å². The summed E-state index contributed by atoms with van der Waals surface area (Å²) < 4.78 is 73.2. The molecule has 1 aromatic carbocycles. The first-order valence-electron chi connectivity index (χ1n) is 14.9. The van der Waals surface area contributed by atoms with Crippen LogP contribution in [0.25, 0.3) is 16.7 Å². The summed E-state index contributed by atoms with van der Waals surface area (Å²) in [6.07, 6.45) is -1.00. The number of halogens is 3. The molecule has 280 valence electrons. The molecule has 19 nitrogen and oxygen atoms in total. The highest BCUT2D eigenvalue weighted by molar-refractivity contribution is 7.70. The van der Waals surface area contributed by atoms with Gasteiger partial charge >= 0.3 is 32.8 Å². The molecule has 0 bridgehead atoms. The molecule has 2 aromatic heterocycles. The third-order valence-electron chi connectivity index (χ3n) is 8.53. The number of pyridine rings is 2. The summed E-state index contributed by atoms with van der Waals surface area (Å²) in [6, 6.07) is -0.920. The van der Waals surface area contributed by atoms with Crippen molar-refractivity contribution in [3.63, 3.8) is 0 Å². The van der Waals surface area contributed by atoms with Crippen molar-refractivity contribution in [3.8, 4) is 5.69 Å². The average Bonchev–Trinajstić information content (AvgIpc) is 3.47. The molecule has 0 spiro atoms.